The Balaban J connectivity index is 2.21. The Morgan fingerprint density at radius 2 is 2.25 bits per heavy atom. The summed E-state index contributed by atoms with van der Waals surface area (Å²) < 4.78 is 10.8. The van der Waals surface area contributed by atoms with Gasteiger partial charge in [-0.1, -0.05) is 17.7 Å². The van der Waals surface area contributed by atoms with E-state index in [2.05, 4.69) is 13.0 Å². The molecule has 0 fully saturated rings. The molecule has 86 valence electrons. The number of hydrogen-bond donors (Lipinski definition) is 1. The van der Waals surface area contributed by atoms with Crippen LogP contribution in [0.3, 0.4) is 0 Å². The van der Waals surface area contributed by atoms with E-state index in [1.54, 1.807) is 13.2 Å². The smallest absolute Gasteiger partial charge is 0.160 e. The number of benzene rings is 1. The molecule has 1 N–H and O–H groups in total. The third-order valence-electron chi connectivity index (χ3n) is 2.77. The summed E-state index contributed by atoms with van der Waals surface area (Å²) in [5.41, 5.74) is 2.31. The summed E-state index contributed by atoms with van der Waals surface area (Å²) in [6, 6.07) is 5.34. The van der Waals surface area contributed by atoms with E-state index in [4.69, 9.17) is 9.47 Å². The molecule has 1 heterocycles. The summed E-state index contributed by atoms with van der Waals surface area (Å²) in [5, 5.41) is 9.50. The molecule has 1 atom stereocenters. The van der Waals surface area contributed by atoms with Gasteiger partial charge in [0.25, 0.3) is 0 Å². The molecule has 1 unspecified atom stereocenters. The van der Waals surface area contributed by atoms with E-state index >= 15 is 0 Å². The van der Waals surface area contributed by atoms with Crippen molar-refractivity contribution in [3.05, 3.63) is 35.4 Å². The fourth-order valence-electron chi connectivity index (χ4n) is 1.79. The molecule has 1 aromatic rings. The van der Waals surface area contributed by atoms with Crippen LogP contribution in [0.25, 0.3) is 0 Å². The van der Waals surface area contributed by atoms with Crippen LogP contribution < -0.4 is 4.74 Å². The van der Waals surface area contributed by atoms with Gasteiger partial charge in [0, 0.05) is 0 Å². The predicted molar refractivity (Wildman–Crippen MR) is 61.7 cm³/mol. The van der Waals surface area contributed by atoms with Crippen LogP contribution in [-0.2, 0) is 4.74 Å². The Kier molecular flexibility index (Phi) is 3.15. The van der Waals surface area contributed by atoms with Crippen LogP contribution >= 0.6 is 0 Å². The van der Waals surface area contributed by atoms with E-state index < -0.39 is 0 Å². The monoisotopic (exact) mass is 220 g/mol. The topological polar surface area (TPSA) is 38.7 Å². The molecule has 0 aliphatic carbocycles. The Morgan fingerprint density at radius 1 is 1.44 bits per heavy atom. The maximum Gasteiger partial charge on any atom is 0.160 e. The van der Waals surface area contributed by atoms with Gasteiger partial charge in [-0.15, -0.1) is 0 Å². The Hall–Kier alpha value is -1.48. The van der Waals surface area contributed by atoms with Crippen molar-refractivity contribution in [3.8, 4) is 11.5 Å². The molecule has 0 aromatic heterocycles. The van der Waals surface area contributed by atoms with Crippen LogP contribution in [0.1, 0.15) is 25.0 Å². The highest BCUT2D eigenvalue weighted by atomic mass is 16.5. The lowest BCUT2D eigenvalue weighted by Crippen LogP contribution is -2.10. The molecule has 1 aliphatic rings. The van der Waals surface area contributed by atoms with Gasteiger partial charge in [-0.05, 0) is 31.0 Å². The normalized spacial score (nSPS) is 20.4. The van der Waals surface area contributed by atoms with Gasteiger partial charge in [-0.3, -0.25) is 0 Å². The van der Waals surface area contributed by atoms with Gasteiger partial charge in [0.05, 0.1) is 19.8 Å². The van der Waals surface area contributed by atoms with Gasteiger partial charge in [0.2, 0.25) is 0 Å². The molecule has 3 heteroatoms. The zero-order valence-corrected chi connectivity index (χ0v) is 9.56. The van der Waals surface area contributed by atoms with E-state index in [-0.39, 0.29) is 11.9 Å². The van der Waals surface area contributed by atoms with Gasteiger partial charge in [0.15, 0.2) is 11.5 Å². The minimum absolute atomic E-state index is 0.0678. The van der Waals surface area contributed by atoms with E-state index in [1.165, 1.54) is 5.57 Å². The Labute approximate surface area is 95.3 Å². The first-order valence-corrected chi connectivity index (χ1v) is 5.35. The Bertz CT molecular complexity index is 410. The average molecular weight is 220 g/mol. The minimum atomic E-state index is 0.0678. The number of methoxy groups -OCH3 is 1. The molecule has 0 spiro atoms. The largest absolute Gasteiger partial charge is 0.504 e. The maximum atomic E-state index is 9.50. The van der Waals surface area contributed by atoms with Gasteiger partial charge >= 0.3 is 0 Å². The van der Waals surface area contributed by atoms with Crippen molar-refractivity contribution < 1.29 is 14.6 Å². The van der Waals surface area contributed by atoms with Crippen LogP contribution in [0.4, 0.5) is 0 Å². The number of ether oxygens (including phenoxy) is 2. The standard InChI is InChI=1S/C13H16O3/c1-9-3-6-12(16-8-9)10-4-5-11(14)13(7-10)15-2/h3-5,7,12,14H,6,8H2,1-2H3. The van der Waals surface area contributed by atoms with Crippen molar-refractivity contribution in [2.75, 3.05) is 13.7 Å². The summed E-state index contributed by atoms with van der Waals surface area (Å²) in [5.74, 6) is 0.654. The van der Waals surface area contributed by atoms with Gasteiger partial charge in [-0.2, -0.15) is 0 Å². The highest BCUT2D eigenvalue weighted by molar-refractivity contribution is 5.42. The molecular weight excluding hydrogens is 204 g/mol. The SMILES string of the molecule is COc1cc(C2CC=C(C)CO2)ccc1O. The van der Waals surface area contributed by atoms with E-state index in [0.29, 0.717) is 12.4 Å². The summed E-state index contributed by atoms with van der Waals surface area (Å²) >= 11 is 0. The first-order chi connectivity index (χ1) is 7.70. The van der Waals surface area contributed by atoms with Crippen molar-refractivity contribution in [3.63, 3.8) is 0 Å². The van der Waals surface area contributed by atoms with E-state index in [9.17, 15) is 5.11 Å². The second-order valence-electron chi connectivity index (χ2n) is 4.02. The van der Waals surface area contributed by atoms with Crippen LogP contribution in [0.2, 0.25) is 0 Å². The molecule has 0 saturated heterocycles. The van der Waals surface area contributed by atoms with E-state index in [1.807, 2.05) is 12.1 Å². The molecule has 1 aromatic carbocycles. The van der Waals surface area contributed by atoms with Crippen molar-refractivity contribution >= 4 is 0 Å². The average Bonchev–Trinajstić information content (AvgIpc) is 2.31. The summed E-state index contributed by atoms with van der Waals surface area (Å²) in [4.78, 5) is 0. The molecule has 16 heavy (non-hydrogen) atoms. The summed E-state index contributed by atoms with van der Waals surface area (Å²) in [6.45, 7) is 2.74. The maximum absolute atomic E-state index is 9.50. The number of phenols is 1. The molecular formula is C13H16O3. The van der Waals surface area contributed by atoms with Crippen LogP contribution in [0, 0.1) is 0 Å². The van der Waals surface area contributed by atoms with E-state index in [0.717, 1.165) is 12.0 Å². The number of phenolic OH excluding ortho intramolecular Hbond substituents is 1. The quantitative estimate of drug-likeness (QED) is 0.779. The zero-order valence-electron chi connectivity index (χ0n) is 9.56. The fraction of sp³-hybridized carbons (Fsp3) is 0.385. The van der Waals surface area contributed by atoms with Crippen molar-refractivity contribution in [1.82, 2.24) is 0 Å². The van der Waals surface area contributed by atoms with Crippen LogP contribution in [0.15, 0.2) is 29.8 Å². The van der Waals surface area contributed by atoms with Crippen molar-refractivity contribution in [1.29, 1.82) is 0 Å². The molecule has 0 amide bonds. The van der Waals surface area contributed by atoms with Crippen LogP contribution in [-0.4, -0.2) is 18.8 Å². The molecule has 2 rings (SSSR count). The number of aromatic hydroxyl groups is 1. The number of rotatable bonds is 2. The second-order valence-corrected chi connectivity index (χ2v) is 4.02. The second kappa shape index (κ2) is 4.58. The molecule has 3 nitrogen and oxygen atoms in total. The van der Waals surface area contributed by atoms with Crippen LogP contribution in [0.5, 0.6) is 11.5 Å². The molecule has 0 bridgehead atoms. The van der Waals surface area contributed by atoms with Gasteiger partial charge in [-0.25, -0.2) is 0 Å². The third kappa shape index (κ3) is 2.19. The first kappa shape index (κ1) is 11.0. The molecule has 0 radical (unpaired) electrons. The van der Waals surface area contributed by atoms with Gasteiger partial charge in [0.1, 0.15) is 0 Å². The Morgan fingerprint density at radius 3 is 2.88 bits per heavy atom. The van der Waals surface area contributed by atoms with Crippen molar-refractivity contribution in [2.24, 2.45) is 0 Å². The lowest BCUT2D eigenvalue weighted by atomic mass is 10.0. The third-order valence-corrected chi connectivity index (χ3v) is 2.77. The zero-order chi connectivity index (χ0) is 11.5. The van der Waals surface area contributed by atoms with Crippen molar-refractivity contribution in [2.45, 2.75) is 19.4 Å². The molecule has 1 aliphatic heterocycles. The molecule has 0 saturated carbocycles. The minimum Gasteiger partial charge on any atom is -0.504 e. The highest BCUT2D eigenvalue weighted by Crippen LogP contribution is 2.33. The van der Waals surface area contributed by atoms with Gasteiger partial charge < -0.3 is 14.6 Å². The lowest BCUT2D eigenvalue weighted by molar-refractivity contribution is 0.0615. The highest BCUT2D eigenvalue weighted by Gasteiger charge is 2.16. The fourth-order valence-corrected chi connectivity index (χ4v) is 1.79. The summed E-state index contributed by atoms with van der Waals surface area (Å²) in [6.07, 6.45) is 3.13. The summed E-state index contributed by atoms with van der Waals surface area (Å²) in [7, 11) is 1.55. The predicted octanol–water partition coefficient (Wildman–Crippen LogP) is 2.81. The lowest BCUT2D eigenvalue weighted by Gasteiger charge is -2.22. The number of hydrogen-bond acceptors (Lipinski definition) is 3. The first-order valence-electron chi connectivity index (χ1n) is 5.35.